The highest BCUT2D eigenvalue weighted by Crippen LogP contribution is 2.38. The van der Waals surface area contributed by atoms with Gasteiger partial charge in [0.15, 0.2) is 5.82 Å². The van der Waals surface area contributed by atoms with Gasteiger partial charge in [-0.15, -0.1) is 0 Å². The Morgan fingerprint density at radius 2 is 2.14 bits per heavy atom. The lowest BCUT2D eigenvalue weighted by atomic mass is 10.00. The molecule has 1 atom stereocenters. The van der Waals surface area contributed by atoms with E-state index in [4.69, 9.17) is 0 Å². The number of hydrogen-bond donors (Lipinski definition) is 3. The zero-order valence-corrected chi connectivity index (χ0v) is 12.4. The Kier molecular flexibility index (Phi) is 3.33. The van der Waals surface area contributed by atoms with Crippen molar-refractivity contribution in [2.45, 2.75) is 13.0 Å². The van der Waals surface area contributed by atoms with Crippen molar-refractivity contribution in [3.8, 4) is 5.75 Å². The van der Waals surface area contributed by atoms with Crippen molar-refractivity contribution in [3.05, 3.63) is 29.6 Å². The maximum absolute atomic E-state index is 14.8. The molecule has 2 aliphatic heterocycles. The van der Waals surface area contributed by atoms with E-state index in [-0.39, 0.29) is 11.6 Å². The molecule has 0 aromatic heterocycles. The standard InChI is InChI=1S/C13H14FN3O4S/c1-7-8(4-5-15-7)9-2-3-10(18)13(12(9)14)17-6-11(19)16-22(17,20)21/h2-4,7,15,18H,5-6H2,1H3,(H,16,19). The third-order valence-electron chi connectivity index (χ3n) is 3.69. The lowest BCUT2D eigenvalue weighted by Gasteiger charge is -2.20. The molecule has 0 spiro atoms. The minimum atomic E-state index is -4.19. The predicted octanol–water partition coefficient (Wildman–Crippen LogP) is 0.0874. The molecule has 118 valence electrons. The van der Waals surface area contributed by atoms with Crippen LogP contribution in [0.15, 0.2) is 18.2 Å². The molecule has 1 saturated heterocycles. The van der Waals surface area contributed by atoms with Crippen LogP contribution in [0.5, 0.6) is 5.75 Å². The van der Waals surface area contributed by atoms with Crippen LogP contribution in [0.1, 0.15) is 12.5 Å². The summed E-state index contributed by atoms with van der Waals surface area (Å²) in [6.45, 7) is 1.86. The summed E-state index contributed by atoms with van der Waals surface area (Å²) >= 11 is 0. The monoisotopic (exact) mass is 327 g/mol. The minimum absolute atomic E-state index is 0.0955. The molecule has 0 radical (unpaired) electrons. The lowest BCUT2D eigenvalue weighted by molar-refractivity contribution is -0.117. The number of halogens is 1. The van der Waals surface area contributed by atoms with E-state index >= 15 is 0 Å². The molecule has 2 aliphatic rings. The Labute approximate surface area is 126 Å². The van der Waals surface area contributed by atoms with E-state index in [1.165, 1.54) is 12.1 Å². The van der Waals surface area contributed by atoms with Gasteiger partial charge in [-0.2, -0.15) is 8.42 Å². The maximum Gasteiger partial charge on any atom is 0.326 e. The largest absolute Gasteiger partial charge is 0.506 e. The van der Waals surface area contributed by atoms with E-state index in [1.807, 2.05) is 6.92 Å². The highest BCUT2D eigenvalue weighted by molar-refractivity contribution is 7.92. The second-order valence-corrected chi connectivity index (χ2v) is 6.72. The normalized spacial score (nSPS) is 23.5. The summed E-state index contributed by atoms with van der Waals surface area (Å²) in [7, 11) is -4.19. The Morgan fingerprint density at radius 3 is 2.68 bits per heavy atom. The first-order chi connectivity index (χ1) is 10.3. The maximum atomic E-state index is 14.8. The number of carbonyl (C=O) groups is 1. The Hall–Kier alpha value is -2.13. The molecule has 1 aromatic carbocycles. The van der Waals surface area contributed by atoms with E-state index in [1.54, 1.807) is 10.8 Å². The third kappa shape index (κ3) is 2.22. The molecule has 2 heterocycles. The molecule has 0 aliphatic carbocycles. The fourth-order valence-electron chi connectivity index (χ4n) is 2.64. The summed E-state index contributed by atoms with van der Waals surface area (Å²) in [6, 6.07) is 2.51. The average molecular weight is 327 g/mol. The molecule has 7 nitrogen and oxygen atoms in total. The number of nitrogens with zero attached hydrogens (tertiary/aromatic N) is 1. The first-order valence-corrected chi connectivity index (χ1v) is 8.04. The fourth-order valence-corrected chi connectivity index (χ4v) is 3.80. The van der Waals surface area contributed by atoms with Crippen LogP contribution >= 0.6 is 0 Å². The minimum Gasteiger partial charge on any atom is -0.506 e. The molecular weight excluding hydrogens is 313 g/mol. The fraction of sp³-hybridized carbons (Fsp3) is 0.308. The van der Waals surface area contributed by atoms with Crippen molar-refractivity contribution in [2.75, 3.05) is 17.4 Å². The highest BCUT2D eigenvalue weighted by atomic mass is 32.2. The molecule has 1 fully saturated rings. The summed E-state index contributed by atoms with van der Waals surface area (Å²) in [6.07, 6.45) is 1.80. The van der Waals surface area contributed by atoms with Crippen molar-refractivity contribution in [2.24, 2.45) is 0 Å². The van der Waals surface area contributed by atoms with Crippen LogP contribution in [-0.4, -0.2) is 38.6 Å². The van der Waals surface area contributed by atoms with Gasteiger partial charge in [-0.25, -0.2) is 13.4 Å². The second-order valence-electron chi connectivity index (χ2n) is 5.12. The number of hydrogen-bond acceptors (Lipinski definition) is 5. The Morgan fingerprint density at radius 1 is 1.41 bits per heavy atom. The first-order valence-electron chi connectivity index (χ1n) is 6.60. The van der Waals surface area contributed by atoms with E-state index < -0.39 is 39.9 Å². The number of phenolic OH excluding ortho intramolecular Hbond substituents is 1. The summed E-state index contributed by atoms with van der Waals surface area (Å²) < 4.78 is 40.8. The number of nitrogens with one attached hydrogen (secondary N) is 2. The molecule has 1 unspecified atom stereocenters. The van der Waals surface area contributed by atoms with Crippen molar-refractivity contribution in [1.29, 1.82) is 0 Å². The van der Waals surface area contributed by atoms with E-state index in [9.17, 15) is 22.7 Å². The van der Waals surface area contributed by atoms with Gasteiger partial charge >= 0.3 is 10.2 Å². The number of aromatic hydroxyl groups is 1. The summed E-state index contributed by atoms with van der Waals surface area (Å²) in [5.41, 5.74) is 0.352. The number of rotatable bonds is 2. The summed E-state index contributed by atoms with van der Waals surface area (Å²) in [5.74, 6) is -2.19. The van der Waals surface area contributed by atoms with E-state index in [2.05, 4.69) is 5.32 Å². The molecule has 0 bridgehead atoms. The van der Waals surface area contributed by atoms with Gasteiger partial charge in [-0.3, -0.25) is 4.79 Å². The van der Waals surface area contributed by atoms with E-state index in [0.717, 1.165) is 0 Å². The summed E-state index contributed by atoms with van der Waals surface area (Å²) in [4.78, 5) is 11.3. The third-order valence-corrected chi connectivity index (χ3v) is 5.07. The van der Waals surface area contributed by atoms with Crippen LogP contribution in [0.4, 0.5) is 10.1 Å². The van der Waals surface area contributed by atoms with Crippen molar-refractivity contribution < 1.29 is 22.7 Å². The quantitative estimate of drug-likeness (QED) is 0.715. The predicted molar refractivity (Wildman–Crippen MR) is 77.9 cm³/mol. The molecule has 3 N–H and O–H groups in total. The van der Waals surface area contributed by atoms with Crippen LogP contribution in [-0.2, 0) is 15.0 Å². The molecule has 9 heteroatoms. The molecule has 0 saturated carbocycles. The molecule has 22 heavy (non-hydrogen) atoms. The van der Waals surface area contributed by atoms with Gasteiger partial charge in [0.1, 0.15) is 18.0 Å². The average Bonchev–Trinajstić information content (AvgIpc) is 2.94. The number of phenols is 1. The topological polar surface area (TPSA) is 98.7 Å². The zero-order chi connectivity index (χ0) is 16.1. The first kappa shape index (κ1) is 14.8. The van der Waals surface area contributed by atoms with Crippen molar-refractivity contribution >= 4 is 27.4 Å². The van der Waals surface area contributed by atoms with Gasteiger partial charge in [-0.1, -0.05) is 6.08 Å². The van der Waals surface area contributed by atoms with Crippen LogP contribution in [0.25, 0.3) is 5.57 Å². The highest BCUT2D eigenvalue weighted by Gasteiger charge is 2.38. The van der Waals surface area contributed by atoms with Gasteiger partial charge < -0.3 is 10.4 Å². The van der Waals surface area contributed by atoms with Gasteiger partial charge in [-0.05, 0) is 24.6 Å². The van der Waals surface area contributed by atoms with Gasteiger partial charge in [0.2, 0.25) is 0 Å². The van der Waals surface area contributed by atoms with E-state index in [0.29, 0.717) is 16.4 Å². The molecular formula is C13H14FN3O4S. The van der Waals surface area contributed by atoms with Crippen LogP contribution in [0, 0.1) is 5.82 Å². The SMILES string of the molecule is CC1NCC=C1c1ccc(O)c(N2CC(=O)NS2(=O)=O)c1F. The van der Waals surface area contributed by atoms with Crippen LogP contribution in [0.3, 0.4) is 0 Å². The Balaban J connectivity index is 2.15. The van der Waals surface area contributed by atoms with Crippen molar-refractivity contribution in [1.82, 2.24) is 10.0 Å². The van der Waals surface area contributed by atoms with Gasteiger partial charge in [0.25, 0.3) is 5.91 Å². The Bertz CT molecular complexity index is 791. The second kappa shape index (κ2) is 4.96. The molecule has 1 aromatic rings. The van der Waals surface area contributed by atoms with Crippen LogP contribution in [0.2, 0.25) is 0 Å². The molecule has 3 rings (SSSR count). The lowest BCUT2D eigenvalue weighted by Crippen LogP contribution is -2.30. The number of anilines is 1. The smallest absolute Gasteiger partial charge is 0.326 e. The molecule has 1 amide bonds. The van der Waals surface area contributed by atoms with Gasteiger partial charge in [0, 0.05) is 18.2 Å². The van der Waals surface area contributed by atoms with Crippen LogP contribution < -0.4 is 14.3 Å². The number of benzene rings is 1. The zero-order valence-electron chi connectivity index (χ0n) is 11.6. The summed E-state index contributed by atoms with van der Waals surface area (Å²) in [5, 5.41) is 13.0. The van der Waals surface area contributed by atoms with Crippen molar-refractivity contribution in [3.63, 3.8) is 0 Å². The van der Waals surface area contributed by atoms with Gasteiger partial charge in [0.05, 0.1) is 0 Å². The number of amides is 1. The number of carbonyl (C=O) groups excluding carboxylic acids is 1.